The number of nitrogens with two attached hydrogens (primary N) is 1. The molecule has 25 heavy (non-hydrogen) atoms. The van der Waals surface area contributed by atoms with Crippen molar-refractivity contribution in [1.29, 1.82) is 0 Å². The van der Waals surface area contributed by atoms with Crippen molar-refractivity contribution in [1.82, 2.24) is 10.2 Å². The molecule has 2 aliphatic heterocycles. The first kappa shape index (κ1) is 19.5. The lowest BCUT2D eigenvalue weighted by Gasteiger charge is -2.21. The molecule has 1 aromatic rings. The molecule has 3 rings (SSSR count). The van der Waals surface area contributed by atoms with E-state index in [4.69, 9.17) is 10.5 Å². The van der Waals surface area contributed by atoms with Crippen LogP contribution in [-0.4, -0.2) is 49.5 Å². The lowest BCUT2D eigenvalue weighted by molar-refractivity contribution is -0.131. The van der Waals surface area contributed by atoms with Gasteiger partial charge in [-0.25, -0.2) is 0 Å². The first-order valence-electron chi connectivity index (χ1n) is 8.64. The van der Waals surface area contributed by atoms with E-state index in [9.17, 15) is 9.59 Å². The number of ether oxygens (including phenoxy) is 1. The molecule has 1 aromatic carbocycles. The third-order valence-corrected chi connectivity index (χ3v) is 5.10. The van der Waals surface area contributed by atoms with Crippen LogP contribution in [0.1, 0.15) is 29.6 Å². The number of hydrogen-bond donors (Lipinski definition) is 2. The van der Waals surface area contributed by atoms with Crippen LogP contribution in [0.3, 0.4) is 0 Å². The van der Waals surface area contributed by atoms with E-state index in [1.165, 1.54) is 0 Å². The number of fused-ring (bicyclic) bond motifs is 1. The Morgan fingerprint density at radius 1 is 1.12 bits per heavy atom. The Kier molecular flexibility index (Phi) is 7.08. The zero-order chi connectivity index (χ0) is 16.9. The molecule has 7 heteroatoms. The van der Waals surface area contributed by atoms with Gasteiger partial charge in [0.2, 0.25) is 11.8 Å². The highest BCUT2D eigenvalue weighted by Gasteiger charge is 2.31. The number of primary amides is 1. The normalized spacial score (nSPS) is 22.5. The van der Waals surface area contributed by atoms with Crippen LogP contribution in [0.25, 0.3) is 0 Å². The van der Waals surface area contributed by atoms with E-state index in [-0.39, 0.29) is 18.3 Å². The van der Waals surface area contributed by atoms with Crippen molar-refractivity contribution in [3.8, 4) is 5.75 Å². The molecule has 0 unspecified atom stereocenters. The number of rotatable bonds is 5. The van der Waals surface area contributed by atoms with Crippen LogP contribution in [0.15, 0.2) is 24.3 Å². The minimum Gasteiger partial charge on any atom is -0.493 e. The number of likely N-dealkylation sites (tertiary alicyclic amines) is 1. The summed E-state index contributed by atoms with van der Waals surface area (Å²) >= 11 is 0. The van der Waals surface area contributed by atoms with Crippen LogP contribution in [-0.2, 0) is 4.79 Å². The molecule has 3 N–H and O–H groups in total. The molecule has 2 aliphatic rings. The van der Waals surface area contributed by atoms with Crippen molar-refractivity contribution in [3.05, 3.63) is 29.8 Å². The third-order valence-electron chi connectivity index (χ3n) is 5.10. The highest BCUT2D eigenvalue weighted by molar-refractivity contribution is 5.92. The number of halogens is 1. The number of carbonyl (C=O) groups is 2. The highest BCUT2D eigenvalue weighted by Crippen LogP contribution is 2.27. The first-order chi connectivity index (χ1) is 11.6. The van der Waals surface area contributed by atoms with E-state index in [0.717, 1.165) is 50.9 Å². The topological polar surface area (TPSA) is 84.7 Å². The predicted molar refractivity (Wildman–Crippen MR) is 98.0 cm³/mol. The Bertz CT molecular complexity index is 580. The average Bonchev–Trinajstić information content (AvgIpc) is 2.93. The maximum atomic E-state index is 12.4. The summed E-state index contributed by atoms with van der Waals surface area (Å²) in [4.78, 5) is 25.4. The minimum atomic E-state index is -0.460. The summed E-state index contributed by atoms with van der Waals surface area (Å²) in [7, 11) is 0. The average molecular weight is 368 g/mol. The quantitative estimate of drug-likeness (QED) is 0.824. The lowest BCUT2D eigenvalue weighted by Crippen LogP contribution is -2.33. The monoisotopic (exact) mass is 367 g/mol. The molecule has 2 fully saturated rings. The zero-order valence-corrected chi connectivity index (χ0v) is 15.1. The van der Waals surface area contributed by atoms with Crippen molar-refractivity contribution in [2.24, 2.45) is 17.6 Å². The van der Waals surface area contributed by atoms with E-state index in [0.29, 0.717) is 24.3 Å². The first-order valence-corrected chi connectivity index (χ1v) is 8.64. The van der Waals surface area contributed by atoms with Crippen molar-refractivity contribution in [2.75, 3.05) is 32.8 Å². The van der Waals surface area contributed by atoms with Crippen molar-refractivity contribution in [2.45, 2.75) is 19.3 Å². The lowest BCUT2D eigenvalue weighted by atomic mass is 9.92. The van der Waals surface area contributed by atoms with Gasteiger partial charge in [0.05, 0.1) is 13.0 Å². The minimum absolute atomic E-state index is 0. The van der Waals surface area contributed by atoms with Crippen LogP contribution in [0.5, 0.6) is 5.75 Å². The van der Waals surface area contributed by atoms with Crippen molar-refractivity contribution >= 4 is 24.2 Å². The largest absolute Gasteiger partial charge is 0.493 e. The van der Waals surface area contributed by atoms with Crippen LogP contribution in [0.2, 0.25) is 0 Å². The molecule has 0 radical (unpaired) electrons. The van der Waals surface area contributed by atoms with Gasteiger partial charge in [-0.15, -0.1) is 12.4 Å². The zero-order valence-electron chi connectivity index (χ0n) is 14.3. The molecule has 0 spiro atoms. The van der Waals surface area contributed by atoms with E-state index < -0.39 is 5.91 Å². The number of amides is 2. The molecular weight excluding hydrogens is 342 g/mol. The molecule has 0 aliphatic carbocycles. The number of benzene rings is 1. The van der Waals surface area contributed by atoms with E-state index in [1.807, 2.05) is 4.90 Å². The van der Waals surface area contributed by atoms with Gasteiger partial charge in [0.25, 0.3) is 0 Å². The molecule has 2 saturated heterocycles. The fraction of sp³-hybridized carbons (Fsp3) is 0.556. The van der Waals surface area contributed by atoms with Crippen LogP contribution >= 0.6 is 12.4 Å². The summed E-state index contributed by atoms with van der Waals surface area (Å²) in [6, 6.07) is 6.65. The molecule has 0 saturated carbocycles. The van der Waals surface area contributed by atoms with Gasteiger partial charge in [0, 0.05) is 18.7 Å². The fourth-order valence-corrected chi connectivity index (χ4v) is 3.60. The summed E-state index contributed by atoms with van der Waals surface area (Å²) in [6.45, 7) is 4.25. The van der Waals surface area contributed by atoms with Crippen LogP contribution < -0.4 is 15.8 Å². The summed E-state index contributed by atoms with van der Waals surface area (Å²) in [5, 5.41) is 3.45. The standard InChI is InChI=1S/C18H25N3O3.ClH/c19-18(23)13-1-3-16(4-2-13)24-10-7-17(22)21-8-5-14-11-20-12-15(14)6-9-21;/h1-4,14-15,20H,5-12H2,(H2,19,23);1H/t14-,15+;. The summed E-state index contributed by atoms with van der Waals surface area (Å²) < 4.78 is 5.60. The second kappa shape index (κ2) is 9.06. The summed E-state index contributed by atoms with van der Waals surface area (Å²) in [5.41, 5.74) is 5.65. The second-order valence-electron chi connectivity index (χ2n) is 6.62. The Morgan fingerprint density at radius 2 is 1.72 bits per heavy atom. The van der Waals surface area contributed by atoms with Crippen LogP contribution in [0, 0.1) is 11.8 Å². The number of hydrogen-bond acceptors (Lipinski definition) is 4. The fourth-order valence-electron chi connectivity index (χ4n) is 3.60. The number of carbonyl (C=O) groups excluding carboxylic acids is 2. The summed E-state index contributed by atoms with van der Waals surface area (Å²) in [6.07, 6.45) is 2.57. The molecule has 0 aromatic heterocycles. The van der Waals surface area contributed by atoms with E-state index in [1.54, 1.807) is 24.3 Å². The molecule has 6 nitrogen and oxygen atoms in total. The Hall–Kier alpha value is -1.79. The Balaban J connectivity index is 0.00000225. The van der Waals surface area contributed by atoms with Gasteiger partial charge in [-0.05, 0) is 62.0 Å². The number of nitrogens with one attached hydrogen (secondary N) is 1. The molecule has 2 amide bonds. The maximum Gasteiger partial charge on any atom is 0.248 e. The maximum absolute atomic E-state index is 12.4. The molecule has 2 heterocycles. The van der Waals surface area contributed by atoms with Gasteiger partial charge in [-0.2, -0.15) is 0 Å². The third kappa shape index (κ3) is 5.09. The smallest absolute Gasteiger partial charge is 0.248 e. The van der Waals surface area contributed by atoms with Crippen LogP contribution in [0.4, 0.5) is 0 Å². The number of nitrogens with zero attached hydrogens (tertiary/aromatic N) is 1. The van der Waals surface area contributed by atoms with Gasteiger partial charge in [0.1, 0.15) is 5.75 Å². The van der Waals surface area contributed by atoms with Crippen molar-refractivity contribution in [3.63, 3.8) is 0 Å². The second-order valence-corrected chi connectivity index (χ2v) is 6.62. The molecule has 2 atom stereocenters. The molecule has 138 valence electrons. The predicted octanol–water partition coefficient (Wildman–Crippen LogP) is 1.43. The van der Waals surface area contributed by atoms with Gasteiger partial charge in [0.15, 0.2) is 0 Å². The summed E-state index contributed by atoms with van der Waals surface area (Å²) in [5.74, 6) is 1.80. The Labute approximate surface area is 154 Å². The van der Waals surface area contributed by atoms with Crippen molar-refractivity contribution < 1.29 is 14.3 Å². The van der Waals surface area contributed by atoms with E-state index in [2.05, 4.69) is 5.32 Å². The highest BCUT2D eigenvalue weighted by atomic mass is 35.5. The van der Waals surface area contributed by atoms with Gasteiger partial charge in [-0.3, -0.25) is 9.59 Å². The van der Waals surface area contributed by atoms with Gasteiger partial charge >= 0.3 is 0 Å². The van der Waals surface area contributed by atoms with Gasteiger partial charge < -0.3 is 20.7 Å². The Morgan fingerprint density at radius 3 is 2.28 bits per heavy atom. The van der Waals surface area contributed by atoms with E-state index >= 15 is 0 Å². The SMILES string of the molecule is Cl.NC(=O)c1ccc(OCCC(=O)N2CC[C@@H]3CNC[C@@H]3CC2)cc1. The molecular formula is C18H26ClN3O3. The molecule has 0 bridgehead atoms. The van der Waals surface area contributed by atoms with Gasteiger partial charge in [-0.1, -0.05) is 0 Å².